The van der Waals surface area contributed by atoms with Gasteiger partial charge in [0.05, 0.1) is 13.2 Å². The Hall–Kier alpha value is -1.41. The molecule has 1 atom stereocenters. The van der Waals surface area contributed by atoms with Gasteiger partial charge in [-0.15, -0.1) is 0 Å². The van der Waals surface area contributed by atoms with Gasteiger partial charge in [0.25, 0.3) is 0 Å². The van der Waals surface area contributed by atoms with Crippen LogP contribution in [0.4, 0.5) is 0 Å². The summed E-state index contributed by atoms with van der Waals surface area (Å²) in [5.41, 5.74) is 0. The minimum atomic E-state index is -1.83. The molecule has 1 aromatic carbocycles. The van der Waals surface area contributed by atoms with E-state index in [0.717, 1.165) is 38.5 Å². The Morgan fingerprint density at radius 1 is 1.00 bits per heavy atom. The van der Waals surface area contributed by atoms with Crippen LogP contribution in [0, 0.1) is 0 Å². The lowest BCUT2D eigenvalue weighted by atomic mass is 10.3. The fraction of sp³-hybridized carbons (Fsp3) is 0.611. The minimum Gasteiger partial charge on any atom is -0.489 e. The molecule has 5 heteroatoms. The van der Waals surface area contributed by atoms with E-state index < -0.39 is 13.8 Å². The van der Waals surface area contributed by atoms with Crippen LogP contribution in [0.2, 0.25) is 0 Å². The van der Waals surface area contributed by atoms with Gasteiger partial charge in [-0.2, -0.15) is 0 Å². The molecule has 0 aliphatic heterocycles. The number of rotatable bonds is 12. The van der Waals surface area contributed by atoms with Gasteiger partial charge in [0.2, 0.25) is 11.5 Å². The van der Waals surface area contributed by atoms with Gasteiger partial charge in [0, 0.05) is 0 Å². The lowest BCUT2D eigenvalue weighted by molar-refractivity contribution is -0.140. The van der Waals surface area contributed by atoms with Crippen molar-refractivity contribution in [3.8, 4) is 5.75 Å². The maximum atomic E-state index is 12.4. The Morgan fingerprint density at radius 2 is 1.65 bits per heavy atom. The molecule has 1 rings (SSSR count). The smallest absolute Gasteiger partial charge is 0.392 e. The van der Waals surface area contributed by atoms with E-state index in [4.69, 9.17) is 9.47 Å². The lowest BCUT2D eigenvalue weighted by Crippen LogP contribution is -2.13. The molecule has 0 aliphatic carbocycles. The largest absolute Gasteiger partial charge is 0.489 e. The average Bonchev–Trinajstić information content (AvgIpc) is 2.56. The van der Waals surface area contributed by atoms with Crippen molar-refractivity contribution in [3.05, 3.63) is 24.3 Å². The normalized spacial score (nSPS) is 11.1. The third-order valence-corrected chi connectivity index (χ3v) is 4.88. The van der Waals surface area contributed by atoms with Gasteiger partial charge in [-0.1, -0.05) is 56.2 Å². The van der Waals surface area contributed by atoms with Crippen LogP contribution in [-0.2, 0) is 14.1 Å². The first kappa shape index (κ1) is 19.6. The monoisotopic (exact) mass is 339 g/mol. The molecule has 0 saturated carbocycles. The summed E-state index contributed by atoms with van der Waals surface area (Å²) >= 11 is 0. The van der Waals surface area contributed by atoms with Crippen LogP contribution >= 0.6 is 7.80 Å². The summed E-state index contributed by atoms with van der Waals surface area (Å²) in [4.78, 5) is 11.8. The van der Waals surface area contributed by atoms with Gasteiger partial charge in [-0.3, -0.25) is 0 Å². The zero-order chi connectivity index (χ0) is 16.9. The number of carbonyl (C=O) groups is 1. The van der Waals surface area contributed by atoms with Gasteiger partial charge >= 0.3 is 13.8 Å². The average molecular weight is 339 g/mol. The van der Waals surface area contributed by atoms with Crippen molar-refractivity contribution in [1.29, 1.82) is 0 Å². The van der Waals surface area contributed by atoms with Crippen LogP contribution < -0.4 is 10.0 Å². The second kappa shape index (κ2) is 12.1. The Labute approximate surface area is 140 Å². The lowest BCUT2D eigenvalue weighted by Gasteiger charge is -2.06. The first-order valence-corrected chi connectivity index (χ1v) is 9.95. The second-order valence-electron chi connectivity index (χ2n) is 5.49. The molecule has 0 fully saturated rings. The van der Waals surface area contributed by atoms with Gasteiger partial charge in [-0.05, 0) is 25.0 Å². The van der Waals surface area contributed by atoms with Crippen LogP contribution in [0.3, 0.4) is 0 Å². The maximum Gasteiger partial charge on any atom is 0.392 e. The number of carbonyl (C=O) groups excluding carboxylic acids is 1. The van der Waals surface area contributed by atoms with Gasteiger partial charge < -0.3 is 9.47 Å². The summed E-state index contributed by atoms with van der Waals surface area (Å²) in [7, 11) is -1.83. The maximum absolute atomic E-state index is 12.4. The quantitative estimate of drug-likeness (QED) is 0.321. The van der Waals surface area contributed by atoms with E-state index in [2.05, 4.69) is 13.8 Å². The van der Waals surface area contributed by atoms with E-state index >= 15 is 0 Å². The Morgan fingerprint density at radius 3 is 2.35 bits per heavy atom. The van der Waals surface area contributed by atoms with E-state index in [1.807, 2.05) is 12.1 Å². The first-order valence-electron chi connectivity index (χ1n) is 8.51. The topological polar surface area (TPSA) is 52.6 Å². The summed E-state index contributed by atoms with van der Waals surface area (Å²) in [6.45, 7) is 5.24. The van der Waals surface area contributed by atoms with Gasteiger partial charge in [-0.25, -0.2) is 4.79 Å². The summed E-state index contributed by atoms with van der Waals surface area (Å²) < 4.78 is 23.3. The summed E-state index contributed by atoms with van der Waals surface area (Å²) in [6, 6.07) is 7.23. The van der Waals surface area contributed by atoms with E-state index in [1.54, 1.807) is 12.1 Å². The molecule has 0 bridgehead atoms. The van der Waals surface area contributed by atoms with Crippen LogP contribution in [0.25, 0.3) is 0 Å². The third kappa shape index (κ3) is 8.13. The molecule has 0 amide bonds. The SMILES string of the molecule is CCCCCOC(=O)C[P+](=O)c1ccccc1OCCCCC. The highest BCUT2D eigenvalue weighted by Gasteiger charge is 2.29. The van der Waals surface area contributed by atoms with Crippen LogP contribution in [0.1, 0.15) is 52.4 Å². The molecule has 23 heavy (non-hydrogen) atoms. The zero-order valence-electron chi connectivity index (χ0n) is 14.3. The number of para-hydroxylation sites is 1. The van der Waals surface area contributed by atoms with E-state index in [-0.39, 0.29) is 6.16 Å². The van der Waals surface area contributed by atoms with Crippen molar-refractivity contribution in [3.63, 3.8) is 0 Å². The Kier molecular flexibility index (Phi) is 10.3. The fourth-order valence-corrected chi connectivity index (χ4v) is 3.24. The molecule has 0 aromatic heterocycles. The zero-order valence-corrected chi connectivity index (χ0v) is 15.1. The van der Waals surface area contributed by atoms with Crippen molar-refractivity contribution < 1.29 is 18.8 Å². The highest BCUT2D eigenvalue weighted by atomic mass is 31.1. The van der Waals surface area contributed by atoms with E-state index in [1.165, 1.54) is 0 Å². The second-order valence-corrected chi connectivity index (χ2v) is 7.04. The molecule has 0 heterocycles. The first-order chi connectivity index (χ1) is 11.2. The van der Waals surface area contributed by atoms with Crippen LogP contribution in [0.15, 0.2) is 24.3 Å². The highest BCUT2D eigenvalue weighted by Crippen LogP contribution is 2.26. The number of unbranched alkanes of at least 4 members (excludes halogenated alkanes) is 4. The number of benzene rings is 1. The molecule has 0 aliphatic rings. The molecule has 1 aromatic rings. The number of esters is 1. The molecular weight excluding hydrogens is 311 g/mol. The van der Waals surface area contributed by atoms with Crippen molar-refractivity contribution in [2.45, 2.75) is 52.4 Å². The minimum absolute atomic E-state index is 0.0865. The van der Waals surface area contributed by atoms with Gasteiger partial charge in [0.1, 0.15) is 0 Å². The molecular formula is C18H28O4P+. The fourth-order valence-electron chi connectivity index (χ4n) is 2.11. The highest BCUT2D eigenvalue weighted by molar-refractivity contribution is 7.54. The number of ether oxygens (including phenoxy) is 2. The Bertz CT molecular complexity index is 488. The number of hydrogen-bond acceptors (Lipinski definition) is 4. The van der Waals surface area contributed by atoms with Crippen molar-refractivity contribution in [1.82, 2.24) is 0 Å². The standard InChI is InChI=1S/C18H28O4P/c1-3-5-9-13-21-16-11-7-8-12-17(16)23(20)15-18(19)22-14-10-6-4-2/h7-8,11-12H,3-6,9-10,13-15H2,1-2H3/q+1. The molecule has 0 radical (unpaired) electrons. The molecule has 4 nitrogen and oxygen atoms in total. The van der Waals surface area contributed by atoms with Crippen LogP contribution in [-0.4, -0.2) is 25.3 Å². The molecule has 1 unspecified atom stereocenters. The third-order valence-electron chi connectivity index (χ3n) is 3.42. The van der Waals surface area contributed by atoms with Crippen LogP contribution in [0.5, 0.6) is 5.75 Å². The number of hydrogen-bond donors (Lipinski definition) is 0. The molecule has 0 saturated heterocycles. The van der Waals surface area contributed by atoms with E-state index in [0.29, 0.717) is 24.3 Å². The van der Waals surface area contributed by atoms with Crippen molar-refractivity contribution >= 4 is 19.1 Å². The van der Waals surface area contributed by atoms with Crippen molar-refractivity contribution in [2.24, 2.45) is 0 Å². The summed E-state index contributed by atoms with van der Waals surface area (Å²) in [5, 5.41) is 0.601. The Balaban J connectivity index is 2.49. The predicted molar refractivity (Wildman–Crippen MR) is 94.1 cm³/mol. The predicted octanol–water partition coefficient (Wildman–Crippen LogP) is 4.44. The van der Waals surface area contributed by atoms with Gasteiger partial charge in [0.15, 0.2) is 5.75 Å². The molecule has 0 N–H and O–H groups in total. The van der Waals surface area contributed by atoms with Crippen molar-refractivity contribution in [2.75, 3.05) is 19.4 Å². The molecule has 128 valence electrons. The summed E-state index contributed by atoms with van der Waals surface area (Å²) in [6.07, 6.45) is 6.10. The summed E-state index contributed by atoms with van der Waals surface area (Å²) in [5.74, 6) is 0.214. The van der Waals surface area contributed by atoms with E-state index in [9.17, 15) is 9.36 Å². The molecule has 0 spiro atoms.